The van der Waals surface area contributed by atoms with Crippen LogP contribution in [0.4, 0.5) is 20.2 Å². The minimum Gasteiger partial charge on any atom is -0.460 e. The minimum atomic E-state index is -1.68. The molecule has 3 aromatic rings. The van der Waals surface area contributed by atoms with E-state index in [-0.39, 0.29) is 34.7 Å². The number of carbonyl (C=O) groups excluding carboxylic acids is 1. The second-order valence-electron chi connectivity index (χ2n) is 7.09. The number of halogens is 2. The minimum absolute atomic E-state index is 0.120. The molecule has 5 nitrogen and oxygen atoms in total. The number of aromatic nitrogens is 1. The van der Waals surface area contributed by atoms with Crippen LogP contribution >= 0.6 is 0 Å². The van der Waals surface area contributed by atoms with Gasteiger partial charge in [0, 0.05) is 6.20 Å². The molecule has 8 heteroatoms. The molecule has 0 saturated carbocycles. The van der Waals surface area contributed by atoms with E-state index in [9.17, 15) is 13.6 Å². The van der Waals surface area contributed by atoms with Crippen LogP contribution in [0.1, 0.15) is 17.5 Å². The van der Waals surface area contributed by atoms with Crippen molar-refractivity contribution in [3.8, 4) is 0 Å². The molecule has 2 aromatic heterocycles. The molecule has 1 aromatic carbocycles. The lowest BCUT2D eigenvalue weighted by Gasteiger charge is -2.17. The number of carbonyl (C=O) groups is 1. The Balaban J connectivity index is 2.10. The van der Waals surface area contributed by atoms with Gasteiger partial charge in [0.05, 0.1) is 32.0 Å². The zero-order valence-corrected chi connectivity index (χ0v) is 16.5. The number of nitrogens with zero attached hydrogens (tertiary/aromatic N) is 1. The van der Waals surface area contributed by atoms with Crippen LogP contribution in [-0.4, -0.2) is 25.6 Å². The van der Waals surface area contributed by atoms with E-state index < -0.39 is 25.7 Å². The Morgan fingerprint density at radius 3 is 2.59 bits per heavy atom. The standard InChI is InChI=1S/C19H20F2N2O3Si/c1-5-25-19(24)18-16(12-9-22-10-14(21)17(12)26-18)23-15-7-6-11(8-13(15)20)27(2,3)4/h6-10,23H,5H2,1-4H3. The third kappa shape index (κ3) is 3.71. The van der Waals surface area contributed by atoms with E-state index in [1.54, 1.807) is 13.0 Å². The summed E-state index contributed by atoms with van der Waals surface area (Å²) in [7, 11) is -1.68. The summed E-state index contributed by atoms with van der Waals surface area (Å²) in [5, 5.41) is 4.04. The van der Waals surface area contributed by atoms with Gasteiger partial charge < -0.3 is 14.5 Å². The largest absolute Gasteiger partial charge is 0.460 e. The monoisotopic (exact) mass is 390 g/mol. The summed E-state index contributed by atoms with van der Waals surface area (Å²) in [6, 6.07) is 4.94. The van der Waals surface area contributed by atoms with Gasteiger partial charge in [-0.2, -0.15) is 0 Å². The highest BCUT2D eigenvalue weighted by atomic mass is 28.3. The molecular weight excluding hydrogens is 370 g/mol. The van der Waals surface area contributed by atoms with E-state index in [4.69, 9.17) is 9.15 Å². The molecule has 0 spiro atoms. The fourth-order valence-electron chi connectivity index (χ4n) is 2.66. The Labute approximate surface area is 156 Å². The number of benzene rings is 1. The highest BCUT2D eigenvalue weighted by Crippen LogP contribution is 2.35. The Morgan fingerprint density at radius 1 is 1.22 bits per heavy atom. The first-order valence-electron chi connectivity index (χ1n) is 8.52. The average molecular weight is 390 g/mol. The molecule has 0 amide bonds. The first-order chi connectivity index (χ1) is 12.7. The molecule has 142 valence electrons. The highest BCUT2D eigenvalue weighted by Gasteiger charge is 2.25. The maximum absolute atomic E-state index is 14.7. The zero-order chi connectivity index (χ0) is 19.8. The summed E-state index contributed by atoms with van der Waals surface area (Å²) >= 11 is 0. The van der Waals surface area contributed by atoms with Crippen LogP contribution in [0.5, 0.6) is 0 Å². The number of rotatable bonds is 5. The molecule has 0 unspecified atom stereocenters. The number of hydrogen-bond donors (Lipinski definition) is 1. The lowest BCUT2D eigenvalue weighted by atomic mass is 10.2. The maximum atomic E-state index is 14.7. The third-order valence-electron chi connectivity index (χ3n) is 4.11. The normalized spacial score (nSPS) is 11.6. The second-order valence-corrected chi connectivity index (χ2v) is 12.2. The number of anilines is 2. The highest BCUT2D eigenvalue weighted by molar-refractivity contribution is 6.88. The van der Waals surface area contributed by atoms with E-state index in [1.165, 1.54) is 12.3 Å². The summed E-state index contributed by atoms with van der Waals surface area (Å²) in [4.78, 5) is 16.0. The van der Waals surface area contributed by atoms with Crippen molar-refractivity contribution in [2.75, 3.05) is 11.9 Å². The molecule has 3 rings (SSSR count). The smallest absolute Gasteiger partial charge is 0.376 e. The Hall–Kier alpha value is -2.74. The number of ether oxygens (including phenoxy) is 1. The van der Waals surface area contributed by atoms with Crippen LogP contribution in [0.2, 0.25) is 19.6 Å². The van der Waals surface area contributed by atoms with Gasteiger partial charge in [0.2, 0.25) is 5.76 Å². The number of fused-ring (bicyclic) bond motifs is 1. The van der Waals surface area contributed by atoms with Crippen molar-refractivity contribution in [1.82, 2.24) is 4.98 Å². The molecule has 0 aliphatic rings. The predicted octanol–water partition coefficient (Wildman–Crippen LogP) is 4.57. The van der Waals surface area contributed by atoms with Crippen molar-refractivity contribution in [2.45, 2.75) is 26.6 Å². The lowest BCUT2D eigenvalue weighted by molar-refractivity contribution is 0.0494. The number of esters is 1. The number of hydrogen-bond acceptors (Lipinski definition) is 5. The van der Waals surface area contributed by atoms with Crippen molar-refractivity contribution in [3.63, 3.8) is 0 Å². The quantitative estimate of drug-likeness (QED) is 0.511. The van der Waals surface area contributed by atoms with Crippen LogP contribution in [0.15, 0.2) is 35.0 Å². The molecule has 0 saturated heterocycles. The molecule has 1 N–H and O–H groups in total. The third-order valence-corrected chi connectivity index (χ3v) is 6.15. The Kier molecular flexibility index (Phi) is 5.01. The molecule has 2 heterocycles. The average Bonchev–Trinajstić information content (AvgIpc) is 2.96. The van der Waals surface area contributed by atoms with E-state index in [1.807, 2.05) is 6.07 Å². The fourth-order valence-corrected chi connectivity index (χ4v) is 3.81. The molecule has 0 aliphatic carbocycles. The SMILES string of the molecule is CCOC(=O)c1oc2c(F)cncc2c1Nc1ccc([Si](C)(C)C)cc1F. The number of nitrogens with one attached hydrogen (secondary N) is 1. The second kappa shape index (κ2) is 7.11. The summed E-state index contributed by atoms with van der Waals surface area (Å²) in [6.45, 7) is 8.11. The molecule has 0 fully saturated rings. The summed E-state index contributed by atoms with van der Waals surface area (Å²) < 4.78 is 39.0. The Bertz CT molecular complexity index is 1010. The summed E-state index contributed by atoms with van der Waals surface area (Å²) in [5.41, 5.74) is 0.124. The Morgan fingerprint density at radius 2 is 1.96 bits per heavy atom. The van der Waals surface area contributed by atoms with E-state index in [0.29, 0.717) is 0 Å². The maximum Gasteiger partial charge on any atom is 0.376 e. The van der Waals surface area contributed by atoms with Crippen molar-refractivity contribution in [1.29, 1.82) is 0 Å². The van der Waals surface area contributed by atoms with Gasteiger partial charge in [0.15, 0.2) is 11.4 Å². The van der Waals surface area contributed by atoms with E-state index >= 15 is 0 Å². The van der Waals surface area contributed by atoms with Gasteiger partial charge >= 0.3 is 5.97 Å². The van der Waals surface area contributed by atoms with Crippen molar-refractivity contribution in [2.24, 2.45) is 0 Å². The van der Waals surface area contributed by atoms with Crippen molar-refractivity contribution < 1.29 is 22.7 Å². The van der Waals surface area contributed by atoms with E-state index in [2.05, 4.69) is 29.9 Å². The van der Waals surface area contributed by atoms with Crippen molar-refractivity contribution >= 4 is 41.6 Å². The predicted molar refractivity (Wildman–Crippen MR) is 103 cm³/mol. The van der Waals surface area contributed by atoms with Gasteiger partial charge in [-0.1, -0.05) is 30.9 Å². The van der Waals surface area contributed by atoms with Crippen LogP contribution < -0.4 is 10.5 Å². The molecular formula is C19H20F2N2O3Si. The molecule has 27 heavy (non-hydrogen) atoms. The number of furan rings is 1. The summed E-state index contributed by atoms with van der Waals surface area (Å²) in [5.74, 6) is -2.19. The molecule has 0 aliphatic heterocycles. The first kappa shape index (κ1) is 19.0. The van der Waals surface area contributed by atoms with Crippen LogP contribution in [0, 0.1) is 11.6 Å². The lowest BCUT2D eigenvalue weighted by Crippen LogP contribution is -2.37. The molecule has 0 bridgehead atoms. The van der Waals surface area contributed by atoms with Gasteiger partial charge in [0.1, 0.15) is 11.5 Å². The molecule has 0 atom stereocenters. The fraction of sp³-hybridized carbons (Fsp3) is 0.263. The van der Waals surface area contributed by atoms with Crippen LogP contribution in [0.25, 0.3) is 11.0 Å². The van der Waals surface area contributed by atoms with Gasteiger partial charge in [-0.15, -0.1) is 0 Å². The van der Waals surface area contributed by atoms with Gasteiger partial charge in [0.25, 0.3) is 0 Å². The molecule has 0 radical (unpaired) electrons. The van der Waals surface area contributed by atoms with E-state index in [0.717, 1.165) is 11.4 Å². The topological polar surface area (TPSA) is 64.4 Å². The van der Waals surface area contributed by atoms with Crippen LogP contribution in [0.3, 0.4) is 0 Å². The summed E-state index contributed by atoms with van der Waals surface area (Å²) in [6.07, 6.45) is 2.33. The number of pyridine rings is 1. The van der Waals surface area contributed by atoms with Crippen LogP contribution in [-0.2, 0) is 4.74 Å². The van der Waals surface area contributed by atoms with Crippen molar-refractivity contribution in [3.05, 3.63) is 48.0 Å². The van der Waals surface area contributed by atoms with Gasteiger partial charge in [-0.3, -0.25) is 4.98 Å². The first-order valence-corrected chi connectivity index (χ1v) is 12.0. The zero-order valence-electron chi connectivity index (χ0n) is 15.5. The van der Waals surface area contributed by atoms with Gasteiger partial charge in [-0.25, -0.2) is 13.6 Å². The van der Waals surface area contributed by atoms with Gasteiger partial charge in [-0.05, 0) is 19.1 Å².